The SMILES string of the molecule is COc1cc(C(=O)NCC(=O)Nc2ccc(OCC(F)(F)F)c(C#N)c2)cc(OC)c1OC. The van der Waals surface area contributed by atoms with Crippen LogP contribution in [-0.2, 0) is 4.79 Å². The fourth-order valence-corrected chi connectivity index (χ4v) is 2.66. The van der Waals surface area contributed by atoms with E-state index in [0.29, 0.717) is 5.75 Å². The largest absolute Gasteiger partial charge is 0.493 e. The van der Waals surface area contributed by atoms with Crippen LogP contribution in [0.1, 0.15) is 15.9 Å². The van der Waals surface area contributed by atoms with E-state index in [2.05, 4.69) is 15.4 Å². The Labute approximate surface area is 187 Å². The van der Waals surface area contributed by atoms with Crippen molar-refractivity contribution in [1.82, 2.24) is 5.32 Å². The van der Waals surface area contributed by atoms with Crippen LogP contribution < -0.4 is 29.6 Å². The van der Waals surface area contributed by atoms with Gasteiger partial charge in [0.15, 0.2) is 18.1 Å². The van der Waals surface area contributed by atoms with Crippen molar-refractivity contribution < 1.29 is 41.7 Å². The molecule has 0 aliphatic carbocycles. The van der Waals surface area contributed by atoms with Gasteiger partial charge in [0.05, 0.1) is 33.4 Å². The lowest BCUT2D eigenvalue weighted by atomic mass is 10.1. The molecule has 2 aromatic rings. The number of carbonyl (C=O) groups is 2. The quantitative estimate of drug-likeness (QED) is 0.582. The van der Waals surface area contributed by atoms with Gasteiger partial charge in [-0.3, -0.25) is 9.59 Å². The molecular formula is C21H20F3N3O6. The van der Waals surface area contributed by atoms with Gasteiger partial charge in [-0.1, -0.05) is 0 Å². The highest BCUT2D eigenvalue weighted by Gasteiger charge is 2.29. The summed E-state index contributed by atoms with van der Waals surface area (Å²) in [6, 6.07) is 8.08. The smallest absolute Gasteiger partial charge is 0.422 e. The fraction of sp³-hybridized carbons (Fsp3) is 0.286. The second-order valence-corrected chi connectivity index (χ2v) is 6.37. The van der Waals surface area contributed by atoms with Crippen molar-refractivity contribution in [2.45, 2.75) is 6.18 Å². The van der Waals surface area contributed by atoms with Crippen molar-refractivity contribution in [1.29, 1.82) is 5.26 Å². The first-order valence-corrected chi connectivity index (χ1v) is 9.23. The second-order valence-electron chi connectivity index (χ2n) is 6.37. The average molecular weight is 467 g/mol. The summed E-state index contributed by atoms with van der Waals surface area (Å²) >= 11 is 0. The Morgan fingerprint density at radius 2 is 1.64 bits per heavy atom. The van der Waals surface area contributed by atoms with E-state index in [1.54, 1.807) is 6.07 Å². The number of hydrogen-bond acceptors (Lipinski definition) is 7. The molecule has 0 saturated heterocycles. The van der Waals surface area contributed by atoms with E-state index in [1.807, 2.05) is 0 Å². The summed E-state index contributed by atoms with van der Waals surface area (Å²) < 4.78 is 57.0. The lowest BCUT2D eigenvalue weighted by Crippen LogP contribution is -2.32. The topological polar surface area (TPSA) is 119 Å². The molecule has 0 heterocycles. The Morgan fingerprint density at radius 1 is 1.00 bits per heavy atom. The number of alkyl halides is 3. The van der Waals surface area contributed by atoms with Crippen LogP contribution in [0.25, 0.3) is 0 Å². The Bertz CT molecular complexity index is 1040. The number of nitriles is 1. The maximum absolute atomic E-state index is 12.4. The highest BCUT2D eigenvalue weighted by molar-refractivity contribution is 6.00. The predicted molar refractivity (Wildman–Crippen MR) is 110 cm³/mol. The number of methoxy groups -OCH3 is 3. The summed E-state index contributed by atoms with van der Waals surface area (Å²) in [6.07, 6.45) is -4.56. The van der Waals surface area contributed by atoms with Crippen molar-refractivity contribution >= 4 is 17.5 Å². The van der Waals surface area contributed by atoms with Crippen molar-refractivity contribution in [3.63, 3.8) is 0 Å². The number of rotatable bonds is 9. The molecule has 9 nitrogen and oxygen atoms in total. The standard InChI is InChI=1S/C21H20F3N3O6/c1-30-16-7-12(8-17(31-2)19(16)32-3)20(29)26-10-18(28)27-14-4-5-15(13(6-14)9-25)33-11-21(22,23)24/h4-8H,10-11H2,1-3H3,(H,26,29)(H,27,28). The minimum absolute atomic E-state index is 0.137. The summed E-state index contributed by atoms with van der Waals surface area (Å²) in [5.41, 5.74) is 0.0895. The molecule has 0 aromatic heterocycles. The van der Waals surface area contributed by atoms with Gasteiger partial charge in [-0.25, -0.2) is 0 Å². The summed E-state index contributed by atoms with van der Waals surface area (Å²) in [6.45, 7) is -1.98. The molecule has 2 aromatic carbocycles. The molecule has 12 heteroatoms. The third kappa shape index (κ3) is 6.93. The molecule has 0 spiro atoms. The molecule has 0 saturated carbocycles. The maximum atomic E-state index is 12.4. The number of amides is 2. The van der Waals surface area contributed by atoms with Crippen molar-refractivity contribution in [2.75, 3.05) is 39.8 Å². The van der Waals surface area contributed by atoms with Crippen molar-refractivity contribution in [3.8, 4) is 29.1 Å². The summed E-state index contributed by atoms with van der Waals surface area (Å²) in [4.78, 5) is 24.6. The number of nitrogens with zero attached hydrogens (tertiary/aromatic N) is 1. The third-order valence-electron chi connectivity index (χ3n) is 4.11. The van der Waals surface area contributed by atoms with Gasteiger partial charge in [-0.05, 0) is 30.3 Å². The van der Waals surface area contributed by atoms with Crippen LogP contribution in [0, 0.1) is 11.3 Å². The Hall–Kier alpha value is -4.14. The molecule has 0 aliphatic heterocycles. The molecule has 0 bridgehead atoms. The van der Waals surface area contributed by atoms with Crippen LogP contribution >= 0.6 is 0 Å². The molecule has 33 heavy (non-hydrogen) atoms. The molecule has 0 atom stereocenters. The molecule has 0 aliphatic rings. The minimum Gasteiger partial charge on any atom is -0.493 e. The molecule has 0 unspecified atom stereocenters. The first kappa shape index (κ1) is 25.1. The van der Waals surface area contributed by atoms with Crippen LogP contribution in [0.4, 0.5) is 18.9 Å². The summed E-state index contributed by atoms with van der Waals surface area (Å²) in [7, 11) is 4.19. The molecule has 2 amide bonds. The highest BCUT2D eigenvalue weighted by atomic mass is 19.4. The van der Waals surface area contributed by atoms with E-state index in [1.165, 1.54) is 39.5 Å². The zero-order valence-corrected chi connectivity index (χ0v) is 17.8. The van der Waals surface area contributed by atoms with Gasteiger partial charge in [0.25, 0.3) is 5.91 Å². The van der Waals surface area contributed by atoms with Gasteiger partial charge < -0.3 is 29.6 Å². The van der Waals surface area contributed by atoms with E-state index in [-0.39, 0.29) is 34.1 Å². The van der Waals surface area contributed by atoms with Gasteiger partial charge in [0.1, 0.15) is 11.8 Å². The van der Waals surface area contributed by atoms with Crippen LogP contribution in [0.2, 0.25) is 0 Å². The minimum atomic E-state index is -4.56. The van der Waals surface area contributed by atoms with Crippen LogP contribution in [0.5, 0.6) is 23.0 Å². The van der Waals surface area contributed by atoms with Gasteiger partial charge in [0.2, 0.25) is 11.7 Å². The first-order chi connectivity index (χ1) is 15.6. The maximum Gasteiger partial charge on any atom is 0.422 e. The highest BCUT2D eigenvalue weighted by Crippen LogP contribution is 2.38. The number of nitrogens with one attached hydrogen (secondary N) is 2. The Morgan fingerprint density at radius 3 is 2.15 bits per heavy atom. The van der Waals surface area contributed by atoms with Crippen LogP contribution in [0.3, 0.4) is 0 Å². The zero-order chi connectivity index (χ0) is 24.6. The monoisotopic (exact) mass is 467 g/mol. The summed E-state index contributed by atoms with van der Waals surface area (Å²) in [5.74, 6) is -0.706. The first-order valence-electron chi connectivity index (χ1n) is 9.23. The normalized spacial score (nSPS) is 10.6. The summed E-state index contributed by atoms with van der Waals surface area (Å²) in [5, 5.41) is 14.0. The molecular weight excluding hydrogens is 447 g/mol. The number of anilines is 1. The second kappa shape index (κ2) is 10.9. The van der Waals surface area contributed by atoms with Crippen molar-refractivity contribution in [3.05, 3.63) is 41.5 Å². The lowest BCUT2D eigenvalue weighted by Gasteiger charge is -2.14. The van der Waals surface area contributed by atoms with E-state index in [0.717, 1.165) is 12.1 Å². The lowest BCUT2D eigenvalue weighted by molar-refractivity contribution is -0.153. The van der Waals surface area contributed by atoms with Gasteiger partial charge in [-0.15, -0.1) is 0 Å². The number of ether oxygens (including phenoxy) is 4. The average Bonchev–Trinajstić information content (AvgIpc) is 2.79. The van der Waals surface area contributed by atoms with E-state index in [9.17, 15) is 22.8 Å². The van der Waals surface area contributed by atoms with Gasteiger partial charge in [-0.2, -0.15) is 18.4 Å². The zero-order valence-electron chi connectivity index (χ0n) is 17.8. The van der Waals surface area contributed by atoms with Crippen molar-refractivity contribution in [2.24, 2.45) is 0 Å². The third-order valence-corrected chi connectivity index (χ3v) is 4.11. The van der Waals surface area contributed by atoms with Crippen LogP contribution in [-0.4, -0.2) is 52.5 Å². The molecule has 176 valence electrons. The Kier molecular flexibility index (Phi) is 8.33. The van der Waals surface area contributed by atoms with Gasteiger partial charge >= 0.3 is 6.18 Å². The molecule has 2 rings (SSSR count). The number of benzene rings is 2. The van der Waals surface area contributed by atoms with E-state index in [4.69, 9.17) is 19.5 Å². The molecule has 0 fully saturated rings. The number of halogens is 3. The predicted octanol–water partition coefficient (Wildman–Crippen LogP) is 2.89. The number of hydrogen-bond donors (Lipinski definition) is 2. The van der Waals surface area contributed by atoms with Crippen LogP contribution in [0.15, 0.2) is 30.3 Å². The number of carbonyl (C=O) groups excluding carboxylic acids is 2. The fourth-order valence-electron chi connectivity index (χ4n) is 2.66. The molecule has 2 N–H and O–H groups in total. The van der Waals surface area contributed by atoms with E-state index >= 15 is 0 Å². The van der Waals surface area contributed by atoms with E-state index < -0.39 is 31.1 Å². The van der Waals surface area contributed by atoms with Gasteiger partial charge in [0, 0.05) is 11.3 Å². The molecule has 0 radical (unpaired) electrons. The Balaban J connectivity index is 2.03.